The van der Waals surface area contributed by atoms with Crippen LogP contribution in [0.25, 0.3) is 0 Å². The molecule has 3 rings (SSSR count). The van der Waals surface area contributed by atoms with Crippen LogP contribution in [0, 0.1) is 17.4 Å². The molecule has 0 bridgehead atoms. The Morgan fingerprint density at radius 2 is 1.88 bits per heavy atom. The second-order valence-electron chi connectivity index (χ2n) is 6.19. The molecule has 1 heterocycles. The van der Waals surface area contributed by atoms with Crippen LogP contribution in [0.4, 0.5) is 5.69 Å². The highest BCUT2D eigenvalue weighted by Crippen LogP contribution is 2.33. The van der Waals surface area contributed by atoms with Crippen molar-refractivity contribution in [3.8, 4) is 11.5 Å². The number of halogens is 2. The lowest BCUT2D eigenvalue weighted by atomic mass is 10.1. The fraction of sp³-hybridized carbons (Fsp3) is 0.316. The van der Waals surface area contributed by atoms with Crippen molar-refractivity contribution in [2.45, 2.75) is 26.7 Å². The lowest BCUT2D eigenvalue weighted by molar-refractivity contribution is 0.300. The van der Waals surface area contributed by atoms with E-state index >= 15 is 0 Å². The SMILES string of the molecule is Cc1cc(Oc2cc(Cl)cc(I)c2)c(C)cc1/N=C/NN1CCCC1. The van der Waals surface area contributed by atoms with Crippen LogP contribution >= 0.6 is 34.2 Å². The molecule has 0 spiro atoms. The molecule has 1 aliphatic heterocycles. The first-order valence-corrected chi connectivity index (χ1v) is 9.76. The number of hydrogen-bond donors (Lipinski definition) is 1. The fourth-order valence-corrected chi connectivity index (χ4v) is 3.82. The van der Waals surface area contributed by atoms with E-state index in [4.69, 9.17) is 16.3 Å². The highest BCUT2D eigenvalue weighted by molar-refractivity contribution is 14.1. The third-order valence-electron chi connectivity index (χ3n) is 4.11. The predicted octanol–water partition coefficient (Wildman–Crippen LogP) is 5.61. The Labute approximate surface area is 167 Å². The van der Waals surface area contributed by atoms with Crippen molar-refractivity contribution < 1.29 is 4.74 Å². The minimum atomic E-state index is 0.672. The molecule has 0 aromatic heterocycles. The summed E-state index contributed by atoms with van der Waals surface area (Å²) in [6.45, 7) is 6.22. The van der Waals surface area contributed by atoms with Crippen LogP contribution in [0.3, 0.4) is 0 Å². The number of benzene rings is 2. The van der Waals surface area contributed by atoms with Crippen LogP contribution in [0.15, 0.2) is 35.3 Å². The topological polar surface area (TPSA) is 36.9 Å². The van der Waals surface area contributed by atoms with E-state index in [-0.39, 0.29) is 0 Å². The molecule has 2 aromatic rings. The van der Waals surface area contributed by atoms with Crippen molar-refractivity contribution in [3.05, 3.63) is 50.1 Å². The average molecular weight is 470 g/mol. The number of nitrogens with one attached hydrogen (secondary N) is 1. The largest absolute Gasteiger partial charge is 0.457 e. The quantitative estimate of drug-likeness (QED) is 0.351. The summed E-state index contributed by atoms with van der Waals surface area (Å²) < 4.78 is 7.07. The normalized spacial score (nSPS) is 15.0. The molecule has 2 aromatic carbocycles. The van der Waals surface area contributed by atoms with Gasteiger partial charge in [0, 0.05) is 21.7 Å². The summed E-state index contributed by atoms with van der Waals surface area (Å²) >= 11 is 8.34. The van der Waals surface area contributed by atoms with Crippen LogP contribution in [0.2, 0.25) is 5.02 Å². The van der Waals surface area contributed by atoms with Gasteiger partial charge >= 0.3 is 0 Å². The maximum Gasteiger partial charge on any atom is 0.130 e. The zero-order valence-corrected chi connectivity index (χ0v) is 17.3. The number of hydrazine groups is 1. The first kappa shape index (κ1) is 18.5. The molecule has 1 N–H and O–H groups in total. The predicted molar refractivity (Wildman–Crippen MR) is 112 cm³/mol. The average Bonchev–Trinajstić information content (AvgIpc) is 3.04. The molecule has 0 aliphatic carbocycles. The first-order chi connectivity index (χ1) is 12.0. The monoisotopic (exact) mass is 469 g/mol. The van der Waals surface area contributed by atoms with Crippen molar-refractivity contribution in [1.29, 1.82) is 0 Å². The molecular weight excluding hydrogens is 449 g/mol. The number of nitrogens with zero attached hydrogens (tertiary/aromatic N) is 2. The summed E-state index contributed by atoms with van der Waals surface area (Å²) in [5.74, 6) is 1.56. The summed E-state index contributed by atoms with van der Waals surface area (Å²) in [6.07, 6.45) is 4.26. The van der Waals surface area contributed by atoms with Gasteiger partial charge in [-0.05, 0) is 90.7 Å². The van der Waals surface area contributed by atoms with Gasteiger partial charge in [-0.3, -0.25) is 0 Å². The molecule has 0 unspecified atom stereocenters. The van der Waals surface area contributed by atoms with Crippen molar-refractivity contribution in [2.24, 2.45) is 4.99 Å². The molecule has 0 atom stereocenters. The molecule has 1 aliphatic rings. The van der Waals surface area contributed by atoms with Gasteiger partial charge in [0.25, 0.3) is 0 Å². The summed E-state index contributed by atoms with van der Waals surface area (Å²) in [5.41, 5.74) is 6.28. The number of aryl methyl sites for hydroxylation is 2. The molecule has 0 radical (unpaired) electrons. The standard InChI is InChI=1S/C19H21ClIN3O/c1-13-8-19(25-17-10-15(20)9-16(21)11-17)14(2)7-18(13)22-12-23-24-5-3-4-6-24/h7-12H,3-6H2,1-2H3,(H,22,23). The van der Waals surface area contributed by atoms with Gasteiger partial charge < -0.3 is 10.2 Å². The lowest BCUT2D eigenvalue weighted by Crippen LogP contribution is -2.33. The first-order valence-electron chi connectivity index (χ1n) is 8.30. The van der Waals surface area contributed by atoms with E-state index in [1.165, 1.54) is 12.8 Å². The molecule has 1 fully saturated rings. The highest BCUT2D eigenvalue weighted by atomic mass is 127. The fourth-order valence-electron chi connectivity index (χ4n) is 2.76. The molecule has 132 valence electrons. The van der Waals surface area contributed by atoms with Gasteiger partial charge in [-0.25, -0.2) is 10.0 Å². The van der Waals surface area contributed by atoms with E-state index in [0.717, 1.165) is 45.0 Å². The van der Waals surface area contributed by atoms with Gasteiger partial charge in [0.15, 0.2) is 0 Å². The van der Waals surface area contributed by atoms with Gasteiger partial charge in [-0.15, -0.1) is 0 Å². The van der Waals surface area contributed by atoms with E-state index < -0.39 is 0 Å². The second-order valence-corrected chi connectivity index (χ2v) is 7.87. The van der Waals surface area contributed by atoms with Crippen LogP contribution in [-0.2, 0) is 0 Å². The Kier molecular flexibility index (Phi) is 6.19. The van der Waals surface area contributed by atoms with E-state index in [0.29, 0.717) is 5.02 Å². The summed E-state index contributed by atoms with van der Waals surface area (Å²) in [7, 11) is 0. The number of hydrogen-bond acceptors (Lipinski definition) is 3. The van der Waals surface area contributed by atoms with Gasteiger partial charge in [0.1, 0.15) is 17.8 Å². The van der Waals surface area contributed by atoms with Gasteiger partial charge in [-0.1, -0.05) is 11.6 Å². The van der Waals surface area contributed by atoms with Crippen LogP contribution < -0.4 is 10.2 Å². The molecule has 0 amide bonds. The Morgan fingerprint density at radius 1 is 1.12 bits per heavy atom. The molecule has 25 heavy (non-hydrogen) atoms. The zero-order valence-electron chi connectivity index (χ0n) is 14.4. The molecule has 4 nitrogen and oxygen atoms in total. The van der Waals surface area contributed by atoms with Gasteiger partial charge in [-0.2, -0.15) is 0 Å². The van der Waals surface area contributed by atoms with Crippen molar-refractivity contribution >= 4 is 46.2 Å². The third-order valence-corrected chi connectivity index (χ3v) is 4.95. The van der Waals surface area contributed by atoms with Gasteiger partial charge in [0.05, 0.1) is 5.69 Å². The highest BCUT2D eigenvalue weighted by Gasteiger charge is 2.10. The van der Waals surface area contributed by atoms with Crippen molar-refractivity contribution in [2.75, 3.05) is 13.1 Å². The Bertz CT molecular complexity index is 768. The number of aliphatic imine (C=N–C) groups is 1. The Morgan fingerprint density at radius 3 is 2.60 bits per heavy atom. The molecule has 0 saturated carbocycles. The minimum Gasteiger partial charge on any atom is -0.457 e. The minimum absolute atomic E-state index is 0.672. The maximum absolute atomic E-state index is 6.11. The van der Waals surface area contributed by atoms with Crippen molar-refractivity contribution in [3.63, 3.8) is 0 Å². The van der Waals surface area contributed by atoms with Crippen LogP contribution in [0.5, 0.6) is 11.5 Å². The van der Waals surface area contributed by atoms with Crippen LogP contribution in [0.1, 0.15) is 24.0 Å². The third kappa shape index (κ3) is 5.09. The smallest absolute Gasteiger partial charge is 0.130 e. The van der Waals surface area contributed by atoms with E-state index in [1.54, 1.807) is 6.34 Å². The van der Waals surface area contributed by atoms with E-state index in [1.807, 2.05) is 44.2 Å². The zero-order chi connectivity index (χ0) is 17.8. The second kappa shape index (κ2) is 8.38. The van der Waals surface area contributed by atoms with E-state index in [9.17, 15) is 0 Å². The maximum atomic E-state index is 6.11. The Hall–Kier alpha value is -1.31. The van der Waals surface area contributed by atoms with Gasteiger partial charge in [0.2, 0.25) is 0 Å². The molecule has 1 saturated heterocycles. The van der Waals surface area contributed by atoms with E-state index in [2.05, 4.69) is 38.0 Å². The van der Waals surface area contributed by atoms with Crippen molar-refractivity contribution in [1.82, 2.24) is 10.4 Å². The summed E-state index contributed by atoms with van der Waals surface area (Å²) in [6, 6.07) is 9.75. The summed E-state index contributed by atoms with van der Waals surface area (Å²) in [4.78, 5) is 4.55. The number of rotatable bonds is 5. The molecule has 6 heteroatoms. The summed E-state index contributed by atoms with van der Waals surface area (Å²) in [5, 5.41) is 2.86. The van der Waals surface area contributed by atoms with Crippen LogP contribution in [-0.4, -0.2) is 24.4 Å². The Balaban J connectivity index is 1.73. The number of ether oxygens (including phenoxy) is 1. The molecular formula is C19H21ClIN3O. The lowest BCUT2D eigenvalue weighted by Gasteiger charge is -2.14.